The zero-order chi connectivity index (χ0) is 12.5. The Morgan fingerprint density at radius 3 is 2.71 bits per heavy atom. The first-order chi connectivity index (χ1) is 7.97. The third-order valence-electron chi connectivity index (χ3n) is 3.06. The third-order valence-corrected chi connectivity index (χ3v) is 3.06. The minimum absolute atomic E-state index is 0.108. The smallest absolute Gasteiger partial charge is 0.123 e. The van der Waals surface area contributed by atoms with E-state index < -0.39 is 0 Å². The summed E-state index contributed by atoms with van der Waals surface area (Å²) in [5.74, 6) is 0.611. The molecule has 0 aromatic heterocycles. The van der Waals surface area contributed by atoms with E-state index in [0.717, 1.165) is 30.8 Å². The average molecular weight is 237 g/mol. The number of nitrogens with one attached hydrogen (secondary N) is 1. The van der Waals surface area contributed by atoms with Crippen molar-refractivity contribution in [2.24, 2.45) is 0 Å². The normalized spacial score (nSPS) is 20.6. The van der Waals surface area contributed by atoms with E-state index in [0.29, 0.717) is 0 Å². The lowest BCUT2D eigenvalue weighted by Crippen LogP contribution is -2.22. The Bertz CT molecular complexity index is 392. The van der Waals surface area contributed by atoms with Gasteiger partial charge in [-0.3, -0.25) is 0 Å². The first kappa shape index (κ1) is 12.4. The summed E-state index contributed by atoms with van der Waals surface area (Å²) in [6.45, 7) is 8.09. The maximum Gasteiger partial charge on any atom is 0.123 e. The Balaban J connectivity index is 2.25. The average Bonchev–Trinajstić information content (AvgIpc) is 2.72. The van der Waals surface area contributed by atoms with Crippen LogP contribution in [0.1, 0.15) is 32.8 Å². The van der Waals surface area contributed by atoms with Gasteiger partial charge in [0.05, 0.1) is 0 Å². The van der Waals surface area contributed by atoms with Crippen LogP contribution in [0.4, 0.5) is 4.39 Å². The summed E-state index contributed by atoms with van der Waals surface area (Å²) in [6.07, 6.45) is 1.22. The second kappa shape index (κ2) is 4.65. The van der Waals surface area contributed by atoms with Crippen molar-refractivity contribution in [2.75, 3.05) is 13.1 Å². The highest BCUT2D eigenvalue weighted by atomic mass is 19.1. The van der Waals surface area contributed by atoms with Crippen LogP contribution in [0.5, 0.6) is 5.75 Å². The first-order valence-corrected chi connectivity index (χ1v) is 6.14. The standard InChI is InChI=1S/C14H20FNO/c1-14(2,3)12-8-10(15)4-5-13(12)17-11-6-7-16-9-11/h4-5,8,11,16H,6-7,9H2,1-3H3. The zero-order valence-corrected chi connectivity index (χ0v) is 10.7. The van der Waals surface area contributed by atoms with Crippen LogP contribution in [0.25, 0.3) is 0 Å². The van der Waals surface area contributed by atoms with Crippen LogP contribution >= 0.6 is 0 Å². The molecule has 0 aliphatic carbocycles. The van der Waals surface area contributed by atoms with Crippen LogP contribution in [0.15, 0.2) is 18.2 Å². The highest BCUT2D eigenvalue weighted by molar-refractivity contribution is 5.39. The molecule has 2 rings (SSSR count). The predicted octanol–water partition coefficient (Wildman–Crippen LogP) is 2.86. The molecule has 1 atom stereocenters. The summed E-state index contributed by atoms with van der Waals surface area (Å²) < 4.78 is 19.3. The lowest BCUT2D eigenvalue weighted by atomic mass is 9.86. The SMILES string of the molecule is CC(C)(C)c1cc(F)ccc1OC1CCNC1. The van der Waals surface area contributed by atoms with Gasteiger partial charge in [0.25, 0.3) is 0 Å². The lowest BCUT2D eigenvalue weighted by Gasteiger charge is -2.24. The number of ether oxygens (including phenoxy) is 1. The van der Waals surface area contributed by atoms with Crippen molar-refractivity contribution < 1.29 is 9.13 Å². The van der Waals surface area contributed by atoms with E-state index in [4.69, 9.17) is 4.74 Å². The molecule has 1 N–H and O–H groups in total. The van der Waals surface area contributed by atoms with Gasteiger partial charge in [-0.2, -0.15) is 0 Å². The Morgan fingerprint density at radius 1 is 1.35 bits per heavy atom. The molecule has 0 amide bonds. The molecular weight excluding hydrogens is 217 g/mol. The van der Waals surface area contributed by atoms with Crippen molar-refractivity contribution >= 4 is 0 Å². The molecule has 1 aliphatic rings. The summed E-state index contributed by atoms with van der Waals surface area (Å²) >= 11 is 0. The summed E-state index contributed by atoms with van der Waals surface area (Å²) in [5, 5.41) is 3.26. The maximum absolute atomic E-state index is 13.3. The maximum atomic E-state index is 13.3. The molecule has 1 aromatic rings. The van der Waals surface area contributed by atoms with Crippen molar-refractivity contribution in [2.45, 2.75) is 38.7 Å². The van der Waals surface area contributed by atoms with Gasteiger partial charge in [-0.15, -0.1) is 0 Å². The molecule has 1 fully saturated rings. The molecule has 17 heavy (non-hydrogen) atoms. The van der Waals surface area contributed by atoms with Crippen molar-refractivity contribution in [3.63, 3.8) is 0 Å². The fourth-order valence-electron chi connectivity index (χ4n) is 2.10. The van der Waals surface area contributed by atoms with E-state index in [2.05, 4.69) is 26.1 Å². The second-order valence-electron chi connectivity index (χ2n) is 5.62. The van der Waals surface area contributed by atoms with Crippen LogP contribution in [0, 0.1) is 5.82 Å². The van der Waals surface area contributed by atoms with Gasteiger partial charge in [0.15, 0.2) is 0 Å². The number of halogens is 1. The molecule has 1 unspecified atom stereocenters. The highest BCUT2D eigenvalue weighted by Crippen LogP contribution is 2.32. The summed E-state index contributed by atoms with van der Waals surface area (Å²) in [6, 6.07) is 4.79. The molecule has 2 nitrogen and oxygen atoms in total. The summed E-state index contributed by atoms with van der Waals surface area (Å²) in [7, 11) is 0. The van der Waals surface area contributed by atoms with Gasteiger partial charge in [0.2, 0.25) is 0 Å². The quantitative estimate of drug-likeness (QED) is 0.854. The van der Waals surface area contributed by atoms with Crippen LogP contribution in [-0.2, 0) is 5.41 Å². The molecule has 1 aliphatic heterocycles. The van der Waals surface area contributed by atoms with E-state index >= 15 is 0 Å². The van der Waals surface area contributed by atoms with Crippen molar-refractivity contribution in [3.05, 3.63) is 29.6 Å². The monoisotopic (exact) mass is 237 g/mol. The van der Waals surface area contributed by atoms with Crippen molar-refractivity contribution in [3.8, 4) is 5.75 Å². The van der Waals surface area contributed by atoms with Gasteiger partial charge in [-0.05, 0) is 36.6 Å². The zero-order valence-electron chi connectivity index (χ0n) is 10.7. The molecule has 0 bridgehead atoms. The Hall–Kier alpha value is -1.09. The molecule has 0 radical (unpaired) electrons. The fraction of sp³-hybridized carbons (Fsp3) is 0.571. The molecule has 0 spiro atoms. The van der Waals surface area contributed by atoms with Gasteiger partial charge in [-0.25, -0.2) is 4.39 Å². The topological polar surface area (TPSA) is 21.3 Å². The van der Waals surface area contributed by atoms with Gasteiger partial charge in [0, 0.05) is 12.1 Å². The van der Waals surface area contributed by atoms with Gasteiger partial charge in [0.1, 0.15) is 17.7 Å². The third kappa shape index (κ3) is 2.97. The number of benzene rings is 1. The van der Waals surface area contributed by atoms with E-state index in [9.17, 15) is 4.39 Å². The molecule has 1 heterocycles. The Labute approximate surface area is 102 Å². The number of hydrogen-bond donors (Lipinski definition) is 1. The number of hydrogen-bond acceptors (Lipinski definition) is 2. The fourth-order valence-corrected chi connectivity index (χ4v) is 2.10. The first-order valence-electron chi connectivity index (χ1n) is 6.14. The van der Waals surface area contributed by atoms with E-state index in [-0.39, 0.29) is 17.3 Å². The van der Waals surface area contributed by atoms with Gasteiger partial charge < -0.3 is 10.1 Å². The van der Waals surface area contributed by atoms with E-state index in [1.165, 1.54) is 6.07 Å². The van der Waals surface area contributed by atoms with E-state index in [1.54, 1.807) is 12.1 Å². The van der Waals surface area contributed by atoms with Gasteiger partial charge >= 0.3 is 0 Å². The van der Waals surface area contributed by atoms with Crippen LogP contribution in [-0.4, -0.2) is 19.2 Å². The molecule has 0 saturated carbocycles. The summed E-state index contributed by atoms with van der Waals surface area (Å²) in [4.78, 5) is 0. The van der Waals surface area contributed by atoms with Gasteiger partial charge in [-0.1, -0.05) is 20.8 Å². The molecular formula is C14H20FNO. The number of rotatable bonds is 2. The molecule has 3 heteroatoms. The lowest BCUT2D eigenvalue weighted by molar-refractivity contribution is 0.217. The molecule has 1 saturated heterocycles. The van der Waals surface area contributed by atoms with Crippen molar-refractivity contribution in [1.29, 1.82) is 0 Å². The highest BCUT2D eigenvalue weighted by Gasteiger charge is 2.23. The Morgan fingerprint density at radius 2 is 2.12 bits per heavy atom. The summed E-state index contributed by atoms with van der Waals surface area (Å²) in [5.41, 5.74) is 0.827. The van der Waals surface area contributed by atoms with E-state index in [1.807, 2.05) is 0 Å². The Kier molecular flexibility index (Phi) is 3.38. The van der Waals surface area contributed by atoms with Crippen LogP contribution in [0.2, 0.25) is 0 Å². The van der Waals surface area contributed by atoms with Crippen LogP contribution in [0.3, 0.4) is 0 Å². The predicted molar refractivity (Wildman–Crippen MR) is 67.0 cm³/mol. The largest absolute Gasteiger partial charge is 0.489 e. The molecule has 1 aromatic carbocycles. The van der Waals surface area contributed by atoms with Crippen molar-refractivity contribution in [1.82, 2.24) is 5.32 Å². The minimum atomic E-state index is -0.202. The minimum Gasteiger partial charge on any atom is -0.489 e. The van der Waals surface area contributed by atoms with Crippen LogP contribution < -0.4 is 10.1 Å². The second-order valence-corrected chi connectivity index (χ2v) is 5.62. The molecule has 94 valence electrons.